The van der Waals surface area contributed by atoms with E-state index in [4.69, 9.17) is 10.5 Å². The third-order valence-corrected chi connectivity index (χ3v) is 3.66. The van der Waals surface area contributed by atoms with E-state index in [-0.39, 0.29) is 18.0 Å². The van der Waals surface area contributed by atoms with Crippen LogP contribution in [0.3, 0.4) is 0 Å². The highest BCUT2D eigenvalue weighted by atomic mass is 19.1. The highest BCUT2D eigenvalue weighted by Crippen LogP contribution is 2.28. The van der Waals surface area contributed by atoms with E-state index in [2.05, 4.69) is 6.07 Å². The molecular formula is C18H22FNO. The third kappa shape index (κ3) is 3.82. The van der Waals surface area contributed by atoms with Crippen LogP contribution in [0.25, 0.3) is 0 Å². The molecule has 2 rings (SSSR count). The van der Waals surface area contributed by atoms with Gasteiger partial charge in [0.05, 0.1) is 0 Å². The topological polar surface area (TPSA) is 35.2 Å². The molecule has 21 heavy (non-hydrogen) atoms. The molecule has 2 unspecified atom stereocenters. The lowest BCUT2D eigenvalue weighted by molar-refractivity contribution is 0.169. The minimum atomic E-state index is -0.281. The maximum Gasteiger partial charge on any atom is 0.139 e. The summed E-state index contributed by atoms with van der Waals surface area (Å²) in [5.74, 6) is 0.572. The van der Waals surface area contributed by atoms with Crippen molar-refractivity contribution in [1.29, 1.82) is 0 Å². The minimum absolute atomic E-state index is 0.143. The van der Waals surface area contributed by atoms with E-state index in [1.165, 1.54) is 12.1 Å². The fourth-order valence-corrected chi connectivity index (χ4v) is 2.24. The van der Waals surface area contributed by atoms with Crippen LogP contribution in [0.15, 0.2) is 42.5 Å². The molecule has 2 aromatic rings. The second-order valence-corrected chi connectivity index (χ2v) is 5.43. The summed E-state index contributed by atoms with van der Waals surface area (Å²) in [7, 11) is 0. The normalized spacial score (nSPS) is 13.8. The Kier molecular flexibility index (Phi) is 4.97. The molecule has 2 nitrogen and oxygen atoms in total. The third-order valence-electron chi connectivity index (χ3n) is 3.66. The first-order valence-electron chi connectivity index (χ1n) is 7.26. The van der Waals surface area contributed by atoms with Crippen molar-refractivity contribution in [3.8, 4) is 5.75 Å². The van der Waals surface area contributed by atoms with Gasteiger partial charge in [-0.1, -0.05) is 31.2 Å². The number of benzene rings is 2. The molecule has 0 saturated heterocycles. The predicted octanol–water partition coefficient (Wildman–Crippen LogP) is 4.30. The number of hydrogen-bond acceptors (Lipinski definition) is 2. The number of halogens is 1. The summed E-state index contributed by atoms with van der Waals surface area (Å²) in [4.78, 5) is 0. The van der Waals surface area contributed by atoms with Crippen LogP contribution in [-0.2, 0) is 0 Å². The molecule has 2 N–H and O–H groups in total. The molecule has 0 aliphatic carbocycles. The Hall–Kier alpha value is -1.87. The Bertz CT molecular complexity index is 595. The first-order chi connectivity index (χ1) is 10.0. The van der Waals surface area contributed by atoms with E-state index in [1.54, 1.807) is 12.1 Å². The first-order valence-corrected chi connectivity index (χ1v) is 7.26. The fraction of sp³-hybridized carbons (Fsp3) is 0.333. The summed E-state index contributed by atoms with van der Waals surface area (Å²) in [6.45, 7) is 6.06. The molecule has 0 aliphatic heterocycles. The van der Waals surface area contributed by atoms with Crippen molar-refractivity contribution in [1.82, 2.24) is 0 Å². The zero-order valence-corrected chi connectivity index (χ0v) is 12.8. The van der Waals surface area contributed by atoms with Gasteiger partial charge in [0.25, 0.3) is 0 Å². The lowest BCUT2D eigenvalue weighted by Crippen LogP contribution is -2.31. The second kappa shape index (κ2) is 6.72. The van der Waals surface area contributed by atoms with Crippen LogP contribution in [-0.4, -0.2) is 6.04 Å². The molecule has 0 amide bonds. The molecular weight excluding hydrogens is 265 g/mol. The Morgan fingerprint density at radius 2 is 1.76 bits per heavy atom. The number of aryl methyl sites for hydroxylation is 2. The van der Waals surface area contributed by atoms with Crippen LogP contribution >= 0.6 is 0 Å². The molecule has 0 heterocycles. The maximum absolute atomic E-state index is 13.1. The highest BCUT2D eigenvalue weighted by Gasteiger charge is 2.21. The van der Waals surface area contributed by atoms with Crippen molar-refractivity contribution in [2.24, 2.45) is 5.73 Å². The van der Waals surface area contributed by atoms with Gasteiger partial charge in [0, 0.05) is 6.04 Å². The van der Waals surface area contributed by atoms with E-state index >= 15 is 0 Å². The van der Waals surface area contributed by atoms with Crippen molar-refractivity contribution in [2.75, 3.05) is 0 Å². The summed E-state index contributed by atoms with van der Waals surface area (Å²) in [5, 5.41) is 0. The van der Waals surface area contributed by atoms with Crippen molar-refractivity contribution in [2.45, 2.75) is 39.3 Å². The van der Waals surface area contributed by atoms with Crippen LogP contribution in [0.5, 0.6) is 5.75 Å². The van der Waals surface area contributed by atoms with E-state index in [0.717, 1.165) is 28.9 Å². The van der Waals surface area contributed by atoms with Crippen molar-refractivity contribution in [3.05, 3.63) is 65.0 Å². The van der Waals surface area contributed by atoms with Gasteiger partial charge in [0.2, 0.25) is 0 Å². The van der Waals surface area contributed by atoms with Crippen LogP contribution in [0, 0.1) is 19.7 Å². The first kappa shape index (κ1) is 15.5. The minimum Gasteiger partial charge on any atom is -0.484 e. The van der Waals surface area contributed by atoms with Crippen LogP contribution in [0.2, 0.25) is 0 Å². The average Bonchev–Trinajstić information content (AvgIpc) is 2.48. The van der Waals surface area contributed by atoms with Gasteiger partial charge < -0.3 is 10.5 Å². The zero-order chi connectivity index (χ0) is 15.4. The highest BCUT2D eigenvalue weighted by molar-refractivity contribution is 5.37. The molecule has 3 heteroatoms. The quantitative estimate of drug-likeness (QED) is 0.890. The summed E-state index contributed by atoms with van der Waals surface area (Å²) >= 11 is 0. The van der Waals surface area contributed by atoms with Crippen LogP contribution in [0.1, 0.15) is 36.1 Å². The van der Waals surface area contributed by atoms with E-state index in [1.807, 2.05) is 32.9 Å². The number of rotatable bonds is 5. The molecule has 0 spiro atoms. The lowest BCUT2D eigenvalue weighted by atomic mass is 10.0. The molecule has 0 bridgehead atoms. The van der Waals surface area contributed by atoms with Crippen molar-refractivity contribution < 1.29 is 9.13 Å². The molecule has 0 radical (unpaired) electrons. The summed E-state index contributed by atoms with van der Waals surface area (Å²) in [6, 6.07) is 12.3. The summed E-state index contributed by atoms with van der Waals surface area (Å²) in [6.07, 6.45) is 0.503. The fourth-order valence-electron chi connectivity index (χ4n) is 2.24. The monoisotopic (exact) mass is 287 g/mol. The van der Waals surface area contributed by atoms with Crippen LogP contribution in [0.4, 0.5) is 4.39 Å². The Morgan fingerprint density at radius 3 is 2.38 bits per heavy atom. The Labute approximate surface area is 125 Å². The molecule has 0 saturated carbocycles. The van der Waals surface area contributed by atoms with E-state index < -0.39 is 0 Å². The molecule has 0 aromatic heterocycles. The average molecular weight is 287 g/mol. The molecule has 2 atom stereocenters. The molecule has 0 fully saturated rings. The van der Waals surface area contributed by atoms with E-state index in [0.29, 0.717) is 0 Å². The number of nitrogens with two attached hydrogens (primary N) is 1. The molecule has 0 aliphatic rings. The van der Waals surface area contributed by atoms with Gasteiger partial charge in [-0.25, -0.2) is 4.39 Å². The van der Waals surface area contributed by atoms with Crippen LogP contribution < -0.4 is 10.5 Å². The smallest absolute Gasteiger partial charge is 0.139 e. The number of ether oxygens (including phenoxy) is 1. The second-order valence-electron chi connectivity index (χ2n) is 5.43. The van der Waals surface area contributed by atoms with Gasteiger partial charge in [-0.2, -0.15) is 0 Å². The maximum atomic E-state index is 13.1. The van der Waals surface area contributed by atoms with Crippen molar-refractivity contribution in [3.63, 3.8) is 0 Å². The lowest BCUT2D eigenvalue weighted by Gasteiger charge is -2.26. The molecule has 2 aromatic carbocycles. The number of hydrogen-bond donors (Lipinski definition) is 1. The van der Waals surface area contributed by atoms with Crippen molar-refractivity contribution >= 4 is 0 Å². The van der Waals surface area contributed by atoms with Gasteiger partial charge in [-0.3, -0.25) is 0 Å². The van der Waals surface area contributed by atoms with Gasteiger partial charge in [-0.05, 0) is 55.2 Å². The van der Waals surface area contributed by atoms with Gasteiger partial charge in [0.15, 0.2) is 0 Å². The summed E-state index contributed by atoms with van der Waals surface area (Å²) < 4.78 is 19.3. The van der Waals surface area contributed by atoms with Gasteiger partial charge >= 0.3 is 0 Å². The SMILES string of the molecule is CCC(N)C(Oc1cc(C)ccc1C)c1ccc(F)cc1. The van der Waals surface area contributed by atoms with Gasteiger partial charge in [-0.15, -0.1) is 0 Å². The summed E-state index contributed by atoms with van der Waals surface area (Å²) in [5.41, 5.74) is 9.30. The zero-order valence-electron chi connectivity index (χ0n) is 12.8. The van der Waals surface area contributed by atoms with Gasteiger partial charge in [0.1, 0.15) is 17.7 Å². The predicted molar refractivity (Wildman–Crippen MR) is 84.0 cm³/mol. The molecule has 112 valence electrons. The Morgan fingerprint density at radius 1 is 1.10 bits per heavy atom. The van der Waals surface area contributed by atoms with E-state index in [9.17, 15) is 4.39 Å². The Balaban J connectivity index is 2.32. The largest absolute Gasteiger partial charge is 0.484 e. The standard InChI is InChI=1S/C18H22FNO/c1-4-16(20)18(14-7-9-15(19)10-8-14)21-17-11-12(2)5-6-13(17)3/h5-11,16,18H,4,20H2,1-3H3.